The third kappa shape index (κ3) is 6.36. The molecule has 1 aromatic heterocycles. The fourth-order valence-corrected chi connectivity index (χ4v) is 4.35. The lowest BCUT2D eigenvalue weighted by Crippen LogP contribution is -2.43. The standard InChI is InChI=1S/C29H36N4O3/c1-4-36-23-12-9-21(10-13-23)18-30-25-17-22(11-14-28(25)35)26(19-34)32-29(2,3)15-16-33-20-31-24-7-5-6-8-27(24)33/h5-14,17,20,26,30,32,34-35H,4,15-16,18-19H2,1-3H3. The highest BCUT2D eigenvalue weighted by atomic mass is 16.5. The van der Waals surface area contributed by atoms with Gasteiger partial charge in [-0.05, 0) is 74.7 Å². The zero-order valence-corrected chi connectivity index (χ0v) is 21.2. The minimum absolute atomic E-state index is 0.0550. The van der Waals surface area contributed by atoms with Crippen LogP contribution in [0, 0.1) is 0 Å². The van der Waals surface area contributed by atoms with E-state index in [0.29, 0.717) is 18.8 Å². The second kappa shape index (κ2) is 11.5. The Morgan fingerprint density at radius 2 is 1.83 bits per heavy atom. The van der Waals surface area contributed by atoms with Crippen LogP contribution in [0.25, 0.3) is 11.0 Å². The van der Waals surface area contributed by atoms with Gasteiger partial charge in [0.15, 0.2) is 0 Å². The van der Waals surface area contributed by atoms with Gasteiger partial charge in [-0.1, -0.05) is 30.3 Å². The quantitative estimate of drug-likeness (QED) is 0.204. The second-order valence-corrected chi connectivity index (χ2v) is 9.65. The maximum Gasteiger partial charge on any atom is 0.138 e. The molecule has 0 saturated heterocycles. The summed E-state index contributed by atoms with van der Waals surface area (Å²) in [5.74, 6) is 1.01. The zero-order chi connectivity index (χ0) is 25.5. The van der Waals surface area contributed by atoms with E-state index in [1.807, 2.05) is 67.8 Å². The van der Waals surface area contributed by atoms with E-state index in [1.165, 1.54) is 0 Å². The van der Waals surface area contributed by atoms with Crippen molar-refractivity contribution in [2.75, 3.05) is 18.5 Å². The Morgan fingerprint density at radius 3 is 2.58 bits per heavy atom. The number of ether oxygens (including phenoxy) is 1. The number of para-hydroxylation sites is 2. The number of aryl methyl sites for hydroxylation is 1. The molecule has 36 heavy (non-hydrogen) atoms. The topological polar surface area (TPSA) is 91.6 Å². The van der Waals surface area contributed by atoms with E-state index in [9.17, 15) is 10.2 Å². The number of fused-ring (bicyclic) bond motifs is 1. The van der Waals surface area contributed by atoms with Gasteiger partial charge in [0, 0.05) is 18.6 Å². The SMILES string of the molecule is CCOc1ccc(CNc2cc(C(CO)NC(C)(C)CCn3cnc4ccccc43)ccc2O)cc1. The van der Waals surface area contributed by atoms with Crippen molar-refractivity contribution in [3.8, 4) is 11.5 Å². The van der Waals surface area contributed by atoms with Crippen LogP contribution < -0.4 is 15.4 Å². The number of aliphatic hydroxyl groups is 1. The molecule has 4 rings (SSSR count). The van der Waals surface area contributed by atoms with Crippen molar-refractivity contribution in [3.63, 3.8) is 0 Å². The number of phenolic OH excluding ortho intramolecular Hbond substituents is 1. The maximum absolute atomic E-state index is 10.4. The average molecular weight is 489 g/mol. The van der Waals surface area contributed by atoms with Crippen LogP contribution in [0.1, 0.15) is 44.4 Å². The molecule has 0 radical (unpaired) electrons. The lowest BCUT2D eigenvalue weighted by molar-refractivity contribution is 0.203. The predicted octanol–water partition coefficient (Wildman–Crippen LogP) is 5.24. The van der Waals surface area contributed by atoms with Crippen LogP contribution in [0.5, 0.6) is 11.5 Å². The molecule has 3 aromatic carbocycles. The van der Waals surface area contributed by atoms with Gasteiger partial charge in [0.2, 0.25) is 0 Å². The number of nitrogens with one attached hydrogen (secondary N) is 2. The first-order valence-corrected chi connectivity index (χ1v) is 12.5. The number of imidazole rings is 1. The molecule has 1 unspecified atom stereocenters. The highest BCUT2D eigenvalue weighted by Crippen LogP contribution is 2.29. The lowest BCUT2D eigenvalue weighted by Gasteiger charge is -2.32. The van der Waals surface area contributed by atoms with Crippen molar-refractivity contribution in [1.82, 2.24) is 14.9 Å². The Labute approximate surface area is 212 Å². The summed E-state index contributed by atoms with van der Waals surface area (Å²) in [5.41, 5.74) is 4.48. The molecule has 0 spiro atoms. The molecule has 0 aliphatic heterocycles. The van der Waals surface area contributed by atoms with Gasteiger partial charge < -0.3 is 30.2 Å². The van der Waals surface area contributed by atoms with Gasteiger partial charge in [-0.25, -0.2) is 4.98 Å². The summed E-state index contributed by atoms with van der Waals surface area (Å²) in [4.78, 5) is 4.48. The number of hydrogen-bond donors (Lipinski definition) is 4. The van der Waals surface area contributed by atoms with Gasteiger partial charge in [0.05, 0.1) is 42.3 Å². The molecular formula is C29H36N4O3. The van der Waals surface area contributed by atoms with Crippen molar-refractivity contribution in [2.45, 2.75) is 51.9 Å². The van der Waals surface area contributed by atoms with Crippen LogP contribution in [0.2, 0.25) is 0 Å². The zero-order valence-electron chi connectivity index (χ0n) is 21.2. The highest BCUT2D eigenvalue weighted by Gasteiger charge is 2.24. The summed E-state index contributed by atoms with van der Waals surface area (Å²) in [7, 11) is 0. The average Bonchev–Trinajstić information content (AvgIpc) is 3.30. The minimum atomic E-state index is -0.272. The van der Waals surface area contributed by atoms with Crippen LogP contribution in [0.4, 0.5) is 5.69 Å². The molecule has 4 N–H and O–H groups in total. The number of nitrogens with zero attached hydrogens (tertiary/aromatic N) is 2. The first-order valence-electron chi connectivity index (χ1n) is 12.5. The number of hydrogen-bond acceptors (Lipinski definition) is 6. The Bertz CT molecular complexity index is 1270. The van der Waals surface area contributed by atoms with Crippen molar-refractivity contribution in [3.05, 3.63) is 84.2 Å². The number of aliphatic hydroxyl groups excluding tert-OH is 1. The van der Waals surface area contributed by atoms with Gasteiger partial charge >= 0.3 is 0 Å². The van der Waals surface area contributed by atoms with E-state index in [-0.39, 0.29) is 23.9 Å². The molecule has 0 fully saturated rings. The normalized spacial score (nSPS) is 12.6. The summed E-state index contributed by atoms with van der Waals surface area (Å²) < 4.78 is 7.66. The molecule has 7 heteroatoms. The first-order chi connectivity index (χ1) is 17.4. The number of phenols is 1. The van der Waals surface area contributed by atoms with Crippen molar-refractivity contribution < 1.29 is 14.9 Å². The number of anilines is 1. The molecule has 0 bridgehead atoms. The van der Waals surface area contributed by atoms with Crippen LogP contribution in [0.3, 0.4) is 0 Å². The van der Waals surface area contributed by atoms with Gasteiger partial charge in [0.25, 0.3) is 0 Å². The molecular weight excluding hydrogens is 452 g/mol. The summed E-state index contributed by atoms with van der Waals surface area (Å²) in [6.07, 6.45) is 2.73. The summed E-state index contributed by atoms with van der Waals surface area (Å²) >= 11 is 0. The van der Waals surface area contributed by atoms with Crippen LogP contribution in [-0.2, 0) is 13.1 Å². The van der Waals surface area contributed by atoms with E-state index in [4.69, 9.17) is 4.74 Å². The van der Waals surface area contributed by atoms with Crippen LogP contribution >= 0.6 is 0 Å². The van der Waals surface area contributed by atoms with E-state index >= 15 is 0 Å². The van der Waals surface area contributed by atoms with Crippen molar-refractivity contribution in [2.24, 2.45) is 0 Å². The summed E-state index contributed by atoms with van der Waals surface area (Å²) in [5, 5.41) is 27.5. The molecule has 1 heterocycles. The predicted molar refractivity (Wildman–Crippen MR) is 144 cm³/mol. The minimum Gasteiger partial charge on any atom is -0.506 e. The maximum atomic E-state index is 10.4. The second-order valence-electron chi connectivity index (χ2n) is 9.65. The lowest BCUT2D eigenvalue weighted by atomic mass is 9.96. The highest BCUT2D eigenvalue weighted by molar-refractivity contribution is 5.74. The Hall–Kier alpha value is -3.55. The largest absolute Gasteiger partial charge is 0.506 e. The molecule has 0 aliphatic carbocycles. The number of benzene rings is 3. The monoisotopic (exact) mass is 488 g/mol. The van der Waals surface area contributed by atoms with E-state index in [2.05, 4.69) is 40.1 Å². The Morgan fingerprint density at radius 1 is 1.06 bits per heavy atom. The van der Waals surface area contributed by atoms with Gasteiger partial charge in [-0.3, -0.25) is 0 Å². The van der Waals surface area contributed by atoms with Crippen LogP contribution in [0.15, 0.2) is 73.1 Å². The van der Waals surface area contributed by atoms with E-state index in [0.717, 1.165) is 40.9 Å². The number of aromatic nitrogens is 2. The van der Waals surface area contributed by atoms with Gasteiger partial charge in [-0.15, -0.1) is 0 Å². The van der Waals surface area contributed by atoms with Crippen molar-refractivity contribution >= 4 is 16.7 Å². The third-order valence-corrected chi connectivity index (χ3v) is 6.39. The molecule has 0 aliphatic rings. The first kappa shape index (κ1) is 25.5. The smallest absolute Gasteiger partial charge is 0.138 e. The Balaban J connectivity index is 1.40. The molecule has 0 amide bonds. The molecule has 0 saturated carbocycles. The third-order valence-electron chi connectivity index (χ3n) is 6.39. The molecule has 190 valence electrons. The number of rotatable bonds is 12. The fourth-order valence-electron chi connectivity index (χ4n) is 4.35. The molecule has 7 nitrogen and oxygen atoms in total. The van der Waals surface area contributed by atoms with Crippen molar-refractivity contribution in [1.29, 1.82) is 0 Å². The Kier molecular flexibility index (Phi) is 8.13. The molecule has 4 aromatic rings. The fraction of sp³-hybridized carbons (Fsp3) is 0.345. The number of aromatic hydroxyl groups is 1. The van der Waals surface area contributed by atoms with E-state index in [1.54, 1.807) is 6.07 Å². The summed E-state index contributed by atoms with van der Waals surface area (Å²) in [6.45, 7) is 8.19. The molecule has 1 atom stereocenters. The summed E-state index contributed by atoms with van der Waals surface area (Å²) in [6, 6.07) is 21.2. The van der Waals surface area contributed by atoms with Gasteiger partial charge in [0.1, 0.15) is 11.5 Å². The van der Waals surface area contributed by atoms with Crippen LogP contribution in [-0.4, -0.2) is 38.5 Å². The van der Waals surface area contributed by atoms with Gasteiger partial charge in [-0.2, -0.15) is 0 Å². The van der Waals surface area contributed by atoms with E-state index < -0.39 is 0 Å².